The van der Waals surface area contributed by atoms with Gasteiger partial charge in [-0.05, 0) is 36.5 Å². The van der Waals surface area contributed by atoms with Crippen LogP contribution in [-0.4, -0.2) is 31.2 Å². The van der Waals surface area contributed by atoms with Crippen LogP contribution < -0.4 is 10.1 Å². The lowest BCUT2D eigenvalue weighted by atomic mass is 9.94. The molecular weight excluding hydrogens is 324 g/mol. The number of rotatable bonds is 5. The van der Waals surface area contributed by atoms with Crippen molar-refractivity contribution in [3.63, 3.8) is 0 Å². The van der Waals surface area contributed by atoms with Crippen LogP contribution in [0.4, 0.5) is 5.13 Å². The largest absolute Gasteiger partial charge is 0.497 e. The highest BCUT2D eigenvalue weighted by atomic mass is 32.1. The first-order valence-corrected chi connectivity index (χ1v) is 8.79. The number of carbonyl (C=O) groups is 1. The minimum absolute atomic E-state index is 0.137. The van der Waals surface area contributed by atoms with Gasteiger partial charge in [0, 0.05) is 30.4 Å². The number of ether oxygens (including phenoxy) is 2. The number of hydrogen-bond donors (Lipinski definition) is 1. The summed E-state index contributed by atoms with van der Waals surface area (Å²) in [6.07, 6.45) is 5.61. The van der Waals surface area contributed by atoms with Crippen LogP contribution in [0.3, 0.4) is 0 Å². The minimum Gasteiger partial charge on any atom is -0.497 e. The summed E-state index contributed by atoms with van der Waals surface area (Å²) in [4.78, 5) is 16.9. The Balaban J connectivity index is 1.86. The first kappa shape index (κ1) is 16.7. The van der Waals surface area contributed by atoms with E-state index in [9.17, 15) is 4.79 Å². The first-order chi connectivity index (χ1) is 11.8. The molecule has 2 aromatic rings. The fraction of sp³-hybridized carbons (Fsp3) is 0.333. The molecule has 0 atom stereocenters. The summed E-state index contributed by atoms with van der Waals surface area (Å²) in [5.74, 6) is 0.976. The number of hydrogen-bond acceptors (Lipinski definition) is 5. The number of carbonyl (C=O) groups excluding carboxylic acids is 1. The lowest BCUT2D eigenvalue weighted by Crippen LogP contribution is -2.18. The second-order valence-electron chi connectivity index (χ2n) is 5.55. The molecule has 3 rings (SSSR count). The van der Waals surface area contributed by atoms with Gasteiger partial charge < -0.3 is 9.47 Å². The van der Waals surface area contributed by atoms with Crippen molar-refractivity contribution in [3.05, 3.63) is 47.5 Å². The van der Waals surface area contributed by atoms with E-state index in [4.69, 9.17) is 9.47 Å². The van der Waals surface area contributed by atoms with Gasteiger partial charge in [0.25, 0.3) is 5.91 Å². The maximum absolute atomic E-state index is 12.8. The molecule has 1 saturated heterocycles. The van der Waals surface area contributed by atoms with Crippen LogP contribution in [0.1, 0.15) is 18.4 Å². The van der Waals surface area contributed by atoms with Crippen LogP contribution in [0.5, 0.6) is 5.75 Å². The summed E-state index contributed by atoms with van der Waals surface area (Å²) in [6.45, 7) is 1.48. The van der Waals surface area contributed by atoms with Gasteiger partial charge in [0.15, 0.2) is 5.13 Å². The molecule has 126 valence electrons. The summed E-state index contributed by atoms with van der Waals surface area (Å²) in [5.41, 5.74) is 1.54. The van der Waals surface area contributed by atoms with E-state index >= 15 is 0 Å². The second-order valence-corrected chi connectivity index (χ2v) is 6.44. The maximum atomic E-state index is 12.8. The molecule has 1 fully saturated rings. The van der Waals surface area contributed by atoms with E-state index in [1.54, 1.807) is 13.3 Å². The van der Waals surface area contributed by atoms with Gasteiger partial charge in [-0.3, -0.25) is 10.1 Å². The number of nitrogens with one attached hydrogen (secondary N) is 1. The third kappa shape index (κ3) is 4.21. The molecule has 0 aliphatic carbocycles. The van der Waals surface area contributed by atoms with Gasteiger partial charge in [-0.15, -0.1) is 11.3 Å². The van der Waals surface area contributed by atoms with E-state index in [0.717, 1.165) is 37.4 Å². The van der Waals surface area contributed by atoms with Crippen LogP contribution in [0.2, 0.25) is 0 Å². The molecule has 1 amide bonds. The number of methoxy groups -OCH3 is 1. The van der Waals surface area contributed by atoms with Crippen LogP contribution >= 0.6 is 11.3 Å². The van der Waals surface area contributed by atoms with Gasteiger partial charge in [-0.2, -0.15) is 0 Å². The van der Waals surface area contributed by atoms with Gasteiger partial charge in [-0.25, -0.2) is 4.98 Å². The fourth-order valence-electron chi connectivity index (χ4n) is 2.64. The second kappa shape index (κ2) is 8.08. The number of allylic oxidation sites excluding steroid dienone is 1. The summed E-state index contributed by atoms with van der Waals surface area (Å²) in [7, 11) is 1.63. The van der Waals surface area contributed by atoms with Gasteiger partial charge in [0.2, 0.25) is 0 Å². The molecule has 0 unspecified atom stereocenters. The molecule has 1 aromatic heterocycles. The quantitative estimate of drug-likeness (QED) is 0.842. The first-order valence-electron chi connectivity index (χ1n) is 7.91. The van der Waals surface area contributed by atoms with Gasteiger partial charge in [0.1, 0.15) is 5.75 Å². The van der Waals surface area contributed by atoms with E-state index < -0.39 is 0 Å². The Bertz CT molecular complexity index is 690. The fourth-order valence-corrected chi connectivity index (χ4v) is 3.17. The minimum atomic E-state index is -0.137. The van der Waals surface area contributed by atoms with Crippen molar-refractivity contribution in [1.29, 1.82) is 0 Å². The van der Waals surface area contributed by atoms with Crippen LogP contribution in [0.15, 0.2) is 41.9 Å². The summed E-state index contributed by atoms with van der Waals surface area (Å²) >= 11 is 1.41. The standard InChI is InChI=1S/C18H20N2O3S/c1-22-15-4-2-14(3-5-15)16(12-13-6-9-23-10-7-13)17(21)20-18-19-8-11-24-18/h2-5,8,11-13H,6-7,9-10H2,1H3,(H,19,20,21)/b16-12+. The third-order valence-corrected chi connectivity index (χ3v) is 4.66. The lowest BCUT2D eigenvalue weighted by molar-refractivity contribution is -0.111. The van der Waals surface area contributed by atoms with Crippen molar-refractivity contribution in [2.45, 2.75) is 12.8 Å². The van der Waals surface area contributed by atoms with Crippen molar-refractivity contribution >= 4 is 27.9 Å². The Morgan fingerprint density at radius 1 is 1.33 bits per heavy atom. The van der Waals surface area contributed by atoms with Gasteiger partial charge in [0.05, 0.1) is 7.11 Å². The van der Waals surface area contributed by atoms with Crippen molar-refractivity contribution in [2.75, 3.05) is 25.6 Å². The normalized spacial score (nSPS) is 16.0. The molecule has 1 aromatic carbocycles. The predicted molar refractivity (Wildman–Crippen MR) is 95.3 cm³/mol. The average molecular weight is 344 g/mol. The SMILES string of the molecule is COc1ccc(/C(=C\C2CCOCC2)C(=O)Nc2nccs2)cc1. The zero-order chi connectivity index (χ0) is 16.8. The van der Waals surface area contributed by atoms with E-state index in [1.807, 2.05) is 29.6 Å². The van der Waals surface area contributed by atoms with E-state index in [1.165, 1.54) is 11.3 Å². The number of thiazole rings is 1. The van der Waals surface area contributed by atoms with Crippen molar-refractivity contribution < 1.29 is 14.3 Å². The number of anilines is 1. The molecular formula is C18H20N2O3S. The summed E-state index contributed by atoms with van der Waals surface area (Å²) in [6, 6.07) is 7.55. The molecule has 1 aliphatic heterocycles. The third-order valence-electron chi connectivity index (χ3n) is 3.97. The molecule has 2 heterocycles. The zero-order valence-electron chi connectivity index (χ0n) is 13.5. The molecule has 24 heavy (non-hydrogen) atoms. The highest BCUT2D eigenvalue weighted by molar-refractivity contribution is 7.13. The van der Waals surface area contributed by atoms with E-state index in [-0.39, 0.29) is 5.91 Å². The zero-order valence-corrected chi connectivity index (χ0v) is 14.3. The number of amides is 1. The van der Waals surface area contributed by atoms with Crippen molar-refractivity contribution in [1.82, 2.24) is 4.98 Å². The Hall–Kier alpha value is -2.18. The molecule has 0 spiro atoms. The molecule has 6 heteroatoms. The molecule has 1 N–H and O–H groups in total. The molecule has 5 nitrogen and oxygen atoms in total. The smallest absolute Gasteiger partial charge is 0.257 e. The molecule has 0 saturated carbocycles. The number of benzene rings is 1. The highest BCUT2D eigenvalue weighted by Crippen LogP contribution is 2.26. The molecule has 0 radical (unpaired) electrons. The molecule has 1 aliphatic rings. The maximum Gasteiger partial charge on any atom is 0.257 e. The Morgan fingerprint density at radius 3 is 2.71 bits per heavy atom. The van der Waals surface area contributed by atoms with Crippen LogP contribution in [0, 0.1) is 5.92 Å². The van der Waals surface area contributed by atoms with Crippen LogP contribution in [-0.2, 0) is 9.53 Å². The Morgan fingerprint density at radius 2 is 2.08 bits per heavy atom. The van der Waals surface area contributed by atoms with E-state index in [2.05, 4.69) is 16.4 Å². The number of aromatic nitrogens is 1. The summed E-state index contributed by atoms with van der Waals surface area (Å²) < 4.78 is 10.6. The lowest BCUT2D eigenvalue weighted by Gasteiger charge is -2.20. The summed E-state index contributed by atoms with van der Waals surface area (Å²) in [5, 5.41) is 5.32. The Labute approximate surface area is 145 Å². The monoisotopic (exact) mass is 344 g/mol. The topological polar surface area (TPSA) is 60.5 Å². The molecule has 0 bridgehead atoms. The van der Waals surface area contributed by atoms with Crippen molar-refractivity contribution in [3.8, 4) is 5.75 Å². The van der Waals surface area contributed by atoms with Crippen molar-refractivity contribution in [2.24, 2.45) is 5.92 Å². The Kier molecular flexibility index (Phi) is 5.61. The van der Waals surface area contributed by atoms with E-state index in [0.29, 0.717) is 16.6 Å². The van der Waals surface area contributed by atoms with Gasteiger partial charge in [-0.1, -0.05) is 18.2 Å². The predicted octanol–water partition coefficient (Wildman–Crippen LogP) is 3.60. The average Bonchev–Trinajstić information content (AvgIpc) is 3.13. The highest BCUT2D eigenvalue weighted by Gasteiger charge is 2.18. The number of nitrogens with zero attached hydrogens (tertiary/aromatic N) is 1. The van der Waals surface area contributed by atoms with Gasteiger partial charge >= 0.3 is 0 Å². The van der Waals surface area contributed by atoms with Crippen LogP contribution in [0.25, 0.3) is 5.57 Å².